The number of nitrogens with one attached hydrogen (secondary N) is 3. The van der Waals surface area contributed by atoms with Gasteiger partial charge in [-0.25, -0.2) is 9.97 Å². The first-order valence-corrected chi connectivity index (χ1v) is 12.7. The van der Waals surface area contributed by atoms with Crippen LogP contribution in [0.1, 0.15) is 32.1 Å². The van der Waals surface area contributed by atoms with Crippen molar-refractivity contribution in [2.45, 2.75) is 32.1 Å². The largest absolute Gasteiger partial charge is 0.472 e. The molecule has 0 spiro atoms. The van der Waals surface area contributed by atoms with Crippen LogP contribution in [-0.4, -0.2) is 41.0 Å². The Labute approximate surface area is 217 Å². The molecule has 1 aliphatic rings. The SMILES string of the molecule is O=C(Nc1cncc(-c2cnc3[nH]nc(-c4nc5c(-c6ccoc6)cncc5[nH]4)c3c2)c1)C1CCCCC1. The maximum absolute atomic E-state index is 12.7. The molecule has 188 valence electrons. The van der Waals surface area contributed by atoms with Gasteiger partial charge in [0.1, 0.15) is 11.2 Å². The summed E-state index contributed by atoms with van der Waals surface area (Å²) in [7, 11) is 0. The maximum Gasteiger partial charge on any atom is 0.227 e. The lowest BCUT2D eigenvalue weighted by atomic mass is 9.88. The molecule has 1 aliphatic carbocycles. The number of aromatic nitrogens is 7. The van der Waals surface area contributed by atoms with Gasteiger partial charge in [-0.2, -0.15) is 5.10 Å². The van der Waals surface area contributed by atoms with Crippen LogP contribution in [0.3, 0.4) is 0 Å². The molecule has 6 aromatic rings. The molecule has 1 fully saturated rings. The van der Waals surface area contributed by atoms with Crippen molar-refractivity contribution < 1.29 is 9.21 Å². The van der Waals surface area contributed by atoms with Gasteiger partial charge in [-0.1, -0.05) is 19.3 Å². The first kappa shape index (κ1) is 22.3. The normalized spacial score (nSPS) is 14.3. The van der Waals surface area contributed by atoms with E-state index in [1.807, 2.05) is 18.2 Å². The second-order valence-corrected chi connectivity index (χ2v) is 9.66. The predicted molar refractivity (Wildman–Crippen MR) is 143 cm³/mol. The molecule has 10 nitrogen and oxygen atoms in total. The van der Waals surface area contributed by atoms with Gasteiger partial charge in [0.2, 0.25) is 5.91 Å². The molecule has 6 heterocycles. The molecule has 3 N–H and O–H groups in total. The number of amides is 1. The summed E-state index contributed by atoms with van der Waals surface area (Å²) in [5, 5.41) is 11.4. The van der Waals surface area contributed by atoms with Crippen LogP contribution in [0.5, 0.6) is 0 Å². The Morgan fingerprint density at radius 1 is 0.974 bits per heavy atom. The van der Waals surface area contributed by atoms with E-state index >= 15 is 0 Å². The molecule has 6 aromatic heterocycles. The van der Waals surface area contributed by atoms with Gasteiger partial charge in [0, 0.05) is 46.8 Å². The number of carbonyl (C=O) groups is 1. The number of hydrogen-bond donors (Lipinski definition) is 3. The zero-order chi connectivity index (χ0) is 25.5. The number of nitrogens with zero attached hydrogens (tertiary/aromatic N) is 5. The third-order valence-electron chi connectivity index (χ3n) is 7.18. The third-order valence-corrected chi connectivity index (χ3v) is 7.18. The second kappa shape index (κ2) is 9.22. The Kier molecular flexibility index (Phi) is 5.42. The van der Waals surface area contributed by atoms with E-state index in [1.54, 1.807) is 43.5 Å². The van der Waals surface area contributed by atoms with E-state index in [0.29, 0.717) is 22.9 Å². The molecule has 0 aliphatic heterocycles. The van der Waals surface area contributed by atoms with Crippen LogP contribution in [-0.2, 0) is 4.79 Å². The van der Waals surface area contributed by atoms with E-state index < -0.39 is 0 Å². The lowest BCUT2D eigenvalue weighted by Crippen LogP contribution is -2.24. The maximum atomic E-state index is 12.7. The highest BCUT2D eigenvalue weighted by molar-refractivity contribution is 5.97. The Bertz CT molecular complexity index is 1760. The molecular formula is C28H24N8O2. The summed E-state index contributed by atoms with van der Waals surface area (Å²) in [6.07, 6.45) is 17.4. The molecule has 38 heavy (non-hydrogen) atoms. The predicted octanol–water partition coefficient (Wildman–Crippen LogP) is 5.74. The summed E-state index contributed by atoms with van der Waals surface area (Å²) in [4.78, 5) is 34.2. The summed E-state index contributed by atoms with van der Waals surface area (Å²) in [5.41, 5.74) is 7.04. The Morgan fingerprint density at radius 3 is 2.71 bits per heavy atom. The van der Waals surface area contributed by atoms with Crippen molar-refractivity contribution in [3.05, 3.63) is 61.7 Å². The molecule has 0 atom stereocenters. The summed E-state index contributed by atoms with van der Waals surface area (Å²) in [6, 6.07) is 5.82. The van der Waals surface area contributed by atoms with Crippen LogP contribution in [0.15, 0.2) is 66.1 Å². The number of imidazole rings is 1. The number of rotatable bonds is 5. The van der Waals surface area contributed by atoms with Crippen LogP contribution in [0.2, 0.25) is 0 Å². The van der Waals surface area contributed by atoms with Gasteiger partial charge >= 0.3 is 0 Å². The number of anilines is 1. The van der Waals surface area contributed by atoms with Gasteiger partial charge in [0.15, 0.2) is 11.5 Å². The quantitative estimate of drug-likeness (QED) is 0.272. The Morgan fingerprint density at radius 2 is 1.84 bits per heavy atom. The van der Waals surface area contributed by atoms with Gasteiger partial charge in [-0.05, 0) is 31.0 Å². The van der Waals surface area contributed by atoms with E-state index in [4.69, 9.17) is 9.40 Å². The number of hydrogen-bond acceptors (Lipinski definition) is 7. The minimum absolute atomic E-state index is 0.0727. The molecule has 0 aromatic carbocycles. The smallest absolute Gasteiger partial charge is 0.227 e. The zero-order valence-electron chi connectivity index (χ0n) is 20.4. The summed E-state index contributed by atoms with van der Waals surface area (Å²) < 4.78 is 5.25. The lowest BCUT2D eigenvalue weighted by molar-refractivity contribution is -0.120. The Balaban J connectivity index is 1.23. The van der Waals surface area contributed by atoms with E-state index in [9.17, 15) is 4.79 Å². The Hall–Kier alpha value is -4.86. The van der Waals surface area contributed by atoms with Crippen LogP contribution >= 0.6 is 0 Å². The van der Waals surface area contributed by atoms with Gasteiger partial charge in [-0.15, -0.1) is 0 Å². The standard InChI is InChI=1S/C28H24N8O2/c37-28(16-4-2-1-3-5-16)32-20-8-18(10-29-12-20)19-9-21-25(35-36-26(21)31-11-19)27-33-23-14-30-13-22(24(23)34-27)17-6-7-38-15-17/h6-16H,1-5H2,(H,32,37)(H,33,34)(H,31,35,36). The molecule has 1 saturated carbocycles. The van der Waals surface area contributed by atoms with Crippen molar-refractivity contribution in [3.63, 3.8) is 0 Å². The van der Waals surface area contributed by atoms with Gasteiger partial charge < -0.3 is 14.7 Å². The highest BCUT2D eigenvalue weighted by atomic mass is 16.3. The van der Waals surface area contributed by atoms with Crippen LogP contribution in [0, 0.1) is 5.92 Å². The number of furan rings is 1. The van der Waals surface area contributed by atoms with Gasteiger partial charge in [-0.3, -0.25) is 19.9 Å². The molecule has 7 rings (SSSR count). The van der Waals surface area contributed by atoms with Gasteiger partial charge in [0.05, 0.1) is 41.5 Å². The number of H-pyrrole nitrogens is 2. The third kappa shape index (κ3) is 4.00. The van der Waals surface area contributed by atoms with Crippen LogP contribution < -0.4 is 5.32 Å². The average Bonchev–Trinajstić information content (AvgIpc) is 3.73. The molecular weight excluding hydrogens is 480 g/mol. The van der Waals surface area contributed by atoms with E-state index in [2.05, 4.69) is 35.5 Å². The fourth-order valence-corrected chi connectivity index (χ4v) is 5.19. The molecule has 0 bridgehead atoms. The summed E-state index contributed by atoms with van der Waals surface area (Å²) >= 11 is 0. The van der Waals surface area contributed by atoms with Crippen molar-refractivity contribution in [2.24, 2.45) is 5.92 Å². The van der Waals surface area contributed by atoms with Crippen molar-refractivity contribution in [3.8, 4) is 33.8 Å². The highest BCUT2D eigenvalue weighted by Gasteiger charge is 2.21. The minimum atomic E-state index is 0.0727. The molecule has 1 amide bonds. The van der Waals surface area contributed by atoms with Crippen LogP contribution in [0.4, 0.5) is 5.69 Å². The average molecular weight is 505 g/mol. The first-order chi connectivity index (χ1) is 18.7. The van der Waals surface area contributed by atoms with Gasteiger partial charge in [0.25, 0.3) is 0 Å². The molecule has 0 radical (unpaired) electrons. The van der Waals surface area contributed by atoms with Crippen molar-refractivity contribution >= 4 is 33.7 Å². The molecule has 10 heteroatoms. The topological polar surface area (TPSA) is 138 Å². The van der Waals surface area contributed by atoms with Crippen molar-refractivity contribution in [2.75, 3.05) is 5.32 Å². The highest BCUT2D eigenvalue weighted by Crippen LogP contribution is 2.32. The summed E-state index contributed by atoms with van der Waals surface area (Å²) in [5.74, 6) is 0.755. The number of aromatic amines is 2. The van der Waals surface area contributed by atoms with E-state index in [0.717, 1.165) is 64.4 Å². The fourth-order valence-electron chi connectivity index (χ4n) is 5.19. The second-order valence-electron chi connectivity index (χ2n) is 9.66. The number of fused-ring (bicyclic) bond motifs is 2. The lowest BCUT2D eigenvalue weighted by Gasteiger charge is -2.20. The van der Waals surface area contributed by atoms with E-state index in [1.165, 1.54) is 6.42 Å². The summed E-state index contributed by atoms with van der Waals surface area (Å²) in [6.45, 7) is 0. The zero-order valence-corrected chi connectivity index (χ0v) is 20.4. The number of carbonyl (C=O) groups excluding carboxylic acids is 1. The minimum Gasteiger partial charge on any atom is -0.472 e. The van der Waals surface area contributed by atoms with Crippen LogP contribution in [0.25, 0.3) is 55.8 Å². The molecule has 0 unspecified atom stereocenters. The fraction of sp³-hybridized carbons (Fsp3) is 0.214. The number of pyridine rings is 3. The van der Waals surface area contributed by atoms with Crippen molar-refractivity contribution in [1.29, 1.82) is 0 Å². The van der Waals surface area contributed by atoms with E-state index in [-0.39, 0.29) is 11.8 Å². The molecule has 0 saturated heterocycles. The van der Waals surface area contributed by atoms with Crippen molar-refractivity contribution in [1.82, 2.24) is 35.1 Å². The monoisotopic (exact) mass is 504 g/mol. The first-order valence-electron chi connectivity index (χ1n) is 12.7.